The lowest BCUT2D eigenvalue weighted by Crippen LogP contribution is -2.43. The van der Waals surface area contributed by atoms with Crippen molar-refractivity contribution in [1.82, 2.24) is 20.1 Å². The average molecular weight is 385 g/mol. The Hall–Kier alpha value is -2.36. The third-order valence-corrected chi connectivity index (χ3v) is 4.71. The summed E-state index contributed by atoms with van der Waals surface area (Å²) < 4.78 is 37.9. The van der Waals surface area contributed by atoms with Gasteiger partial charge in [-0.1, -0.05) is 12.1 Å². The van der Waals surface area contributed by atoms with E-state index in [9.17, 15) is 18.0 Å². The molecule has 2 aliphatic rings. The molecule has 2 unspecified atom stereocenters. The molecule has 0 radical (unpaired) electrons. The number of urea groups is 1. The van der Waals surface area contributed by atoms with E-state index >= 15 is 0 Å². The lowest BCUT2D eigenvalue weighted by atomic mass is 10.1. The van der Waals surface area contributed by atoms with E-state index in [0.717, 1.165) is 12.1 Å². The van der Waals surface area contributed by atoms with Crippen LogP contribution in [-0.4, -0.2) is 57.6 Å². The first-order chi connectivity index (χ1) is 12.3. The Balaban J connectivity index is 1.81. The van der Waals surface area contributed by atoms with Crippen molar-refractivity contribution in [2.75, 3.05) is 13.1 Å². The molecule has 2 aliphatic heterocycles. The van der Waals surface area contributed by atoms with Gasteiger partial charge in [-0.05, 0) is 43.8 Å². The normalized spacial score (nSPS) is 23.2. The van der Waals surface area contributed by atoms with Gasteiger partial charge in [0.2, 0.25) is 0 Å². The molecular weight excluding hydrogens is 367 g/mol. The van der Waals surface area contributed by atoms with Crippen LogP contribution >= 0.6 is 12.2 Å². The molecule has 2 amide bonds. The second-order valence-electron chi connectivity index (χ2n) is 5.87. The summed E-state index contributed by atoms with van der Waals surface area (Å²) in [6.45, 7) is 4.77. The number of carbonyl (C=O) groups is 1. The summed E-state index contributed by atoms with van der Waals surface area (Å²) in [5.41, 5.74) is -0.214. The number of hydrogen-bond acceptors (Lipinski definition) is 3. The second kappa shape index (κ2) is 6.75. The summed E-state index contributed by atoms with van der Waals surface area (Å²) in [5, 5.41) is 9.29. The van der Waals surface area contributed by atoms with E-state index in [2.05, 4.69) is 10.4 Å². The molecule has 6 nitrogen and oxygen atoms in total. The predicted octanol–water partition coefficient (Wildman–Crippen LogP) is 2.66. The standard InChI is InChI=1S/C16H18F3N5OS/c1-3-22-12-13(23(4-2)15(22)25)24(14(26)21-12)20-9-10-5-7-11(8-6-10)16(17,18)19/h5-9,12-13H,3-4H2,1-2H3,(H,21,26)/b20-9+. The SMILES string of the molecule is CCN1C(=O)N(CC)C2C1NC(=S)N2/N=C/c1ccc(C(F)(F)F)cc1. The summed E-state index contributed by atoms with van der Waals surface area (Å²) in [7, 11) is 0. The first-order valence-electron chi connectivity index (χ1n) is 8.16. The van der Waals surface area contributed by atoms with Gasteiger partial charge in [-0.2, -0.15) is 18.3 Å². The van der Waals surface area contributed by atoms with Gasteiger partial charge in [0.15, 0.2) is 11.3 Å². The monoisotopic (exact) mass is 385 g/mol. The third-order valence-electron chi connectivity index (χ3n) is 4.41. The quantitative estimate of drug-likeness (QED) is 0.640. The van der Waals surface area contributed by atoms with Crippen molar-refractivity contribution < 1.29 is 18.0 Å². The maximum absolute atomic E-state index is 12.6. The highest BCUT2D eigenvalue weighted by Gasteiger charge is 2.53. The topological polar surface area (TPSA) is 51.2 Å². The number of hydrogen-bond donors (Lipinski definition) is 1. The smallest absolute Gasteiger partial charge is 0.337 e. The lowest BCUT2D eigenvalue weighted by molar-refractivity contribution is -0.137. The van der Waals surface area contributed by atoms with Gasteiger partial charge in [0.1, 0.15) is 6.17 Å². The van der Waals surface area contributed by atoms with Crippen LogP contribution in [0.2, 0.25) is 0 Å². The van der Waals surface area contributed by atoms with Crippen LogP contribution in [0.25, 0.3) is 0 Å². The fourth-order valence-electron chi connectivity index (χ4n) is 3.12. The number of nitrogens with one attached hydrogen (secondary N) is 1. The number of fused-ring (bicyclic) bond motifs is 1. The van der Waals surface area contributed by atoms with E-state index in [1.54, 1.807) is 9.80 Å². The van der Waals surface area contributed by atoms with Crippen molar-refractivity contribution in [2.24, 2.45) is 5.10 Å². The first-order valence-corrected chi connectivity index (χ1v) is 8.57. The maximum Gasteiger partial charge on any atom is 0.416 e. The molecule has 2 fully saturated rings. The Morgan fingerprint density at radius 3 is 2.35 bits per heavy atom. The largest absolute Gasteiger partial charge is 0.416 e. The highest BCUT2D eigenvalue weighted by atomic mass is 32.1. The van der Waals surface area contributed by atoms with Crippen molar-refractivity contribution in [2.45, 2.75) is 32.4 Å². The summed E-state index contributed by atoms with van der Waals surface area (Å²) in [4.78, 5) is 15.8. The number of likely N-dealkylation sites (N-methyl/N-ethyl adjacent to an activating group) is 2. The van der Waals surface area contributed by atoms with Gasteiger partial charge < -0.3 is 10.2 Å². The molecule has 0 bridgehead atoms. The number of alkyl halides is 3. The first kappa shape index (κ1) is 18.4. The second-order valence-corrected chi connectivity index (χ2v) is 6.26. The van der Waals surface area contributed by atoms with Gasteiger partial charge in [-0.3, -0.25) is 4.90 Å². The van der Waals surface area contributed by atoms with Gasteiger partial charge in [0.05, 0.1) is 11.8 Å². The zero-order chi connectivity index (χ0) is 19.1. The fraction of sp³-hybridized carbons (Fsp3) is 0.438. The molecule has 140 valence electrons. The molecule has 10 heteroatoms. The minimum absolute atomic E-state index is 0.102. The minimum atomic E-state index is -4.38. The van der Waals surface area contributed by atoms with E-state index in [4.69, 9.17) is 12.2 Å². The zero-order valence-corrected chi connectivity index (χ0v) is 15.0. The summed E-state index contributed by atoms with van der Waals surface area (Å²) >= 11 is 5.31. The molecule has 2 heterocycles. The van der Waals surface area contributed by atoms with Crippen LogP contribution in [0.4, 0.5) is 18.0 Å². The van der Waals surface area contributed by atoms with Crippen LogP contribution in [-0.2, 0) is 6.18 Å². The van der Waals surface area contributed by atoms with Crippen LogP contribution in [0.15, 0.2) is 29.4 Å². The Morgan fingerprint density at radius 2 is 1.81 bits per heavy atom. The van der Waals surface area contributed by atoms with Crippen molar-refractivity contribution in [1.29, 1.82) is 0 Å². The number of nitrogens with zero attached hydrogens (tertiary/aromatic N) is 4. The van der Waals surface area contributed by atoms with E-state index in [1.165, 1.54) is 23.4 Å². The van der Waals surface area contributed by atoms with E-state index < -0.39 is 11.7 Å². The Morgan fingerprint density at radius 1 is 1.19 bits per heavy atom. The molecule has 2 saturated heterocycles. The number of carbonyl (C=O) groups excluding carboxylic acids is 1. The summed E-state index contributed by atoms with van der Waals surface area (Å²) in [6.07, 6.45) is -3.63. The molecule has 26 heavy (non-hydrogen) atoms. The highest BCUT2D eigenvalue weighted by molar-refractivity contribution is 7.80. The average Bonchev–Trinajstić information content (AvgIpc) is 3.03. The molecule has 0 aromatic heterocycles. The molecule has 0 saturated carbocycles. The number of benzene rings is 1. The molecule has 1 aromatic rings. The Labute approximate surface area is 154 Å². The number of amides is 2. The number of thiocarbonyl (C=S) groups is 1. The predicted molar refractivity (Wildman–Crippen MR) is 94.3 cm³/mol. The lowest BCUT2D eigenvalue weighted by Gasteiger charge is -2.25. The molecule has 0 spiro atoms. The van der Waals surface area contributed by atoms with Crippen molar-refractivity contribution in [3.05, 3.63) is 35.4 Å². The fourth-order valence-corrected chi connectivity index (χ4v) is 3.40. The van der Waals surface area contributed by atoms with Gasteiger partial charge >= 0.3 is 12.2 Å². The van der Waals surface area contributed by atoms with E-state index in [0.29, 0.717) is 23.8 Å². The van der Waals surface area contributed by atoms with E-state index in [-0.39, 0.29) is 18.4 Å². The maximum atomic E-state index is 12.6. The molecule has 3 rings (SSSR count). The van der Waals surface area contributed by atoms with Crippen LogP contribution < -0.4 is 5.32 Å². The molecule has 1 N–H and O–H groups in total. The number of halogens is 3. The summed E-state index contributed by atoms with van der Waals surface area (Å²) in [6, 6.07) is 4.58. The van der Waals surface area contributed by atoms with Crippen LogP contribution in [0, 0.1) is 0 Å². The van der Waals surface area contributed by atoms with Crippen molar-refractivity contribution in [3.63, 3.8) is 0 Å². The Bertz CT molecular complexity index is 736. The van der Waals surface area contributed by atoms with Gasteiger partial charge in [0, 0.05) is 13.1 Å². The number of hydrazone groups is 1. The minimum Gasteiger partial charge on any atom is -0.337 e. The van der Waals surface area contributed by atoms with Crippen LogP contribution in [0.5, 0.6) is 0 Å². The third kappa shape index (κ3) is 3.09. The zero-order valence-electron chi connectivity index (χ0n) is 14.2. The highest BCUT2D eigenvalue weighted by Crippen LogP contribution is 2.30. The number of rotatable bonds is 4. The van der Waals surface area contributed by atoms with E-state index in [1.807, 2.05) is 13.8 Å². The molecule has 2 atom stereocenters. The van der Waals surface area contributed by atoms with Gasteiger partial charge in [0.25, 0.3) is 0 Å². The van der Waals surface area contributed by atoms with Crippen molar-refractivity contribution in [3.8, 4) is 0 Å². The van der Waals surface area contributed by atoms with Crippen LogP contribution in [0.3, 0.4) is 0 Å². The molecule has 0 aliphatic carbocycles. The van der Waals surface area contributed by atoms with Gasteiger partial charge in [-0.15, -0.1) is 0 Å². The molecular formula is C16H18F3N5OS. The van der Waals surface area contributed by atoms with Crippen molar-refractivity contribution >= 4 is 29.6 Å². The Kier molecular flexibility index (Phi) is 4.78. The molecule has 1 aromatic carbocycles. The summed E-state index contributed by atoms with van der Waals surface area (Å²) in [5.74, 6) is 0. The van der Waals surface area contributed by atoms with Crippen LogP contribution in [0.1, 0.15) is 25.0 Å². The van der Waals surface area contributed by atoms with Gasteiger partial charge in [-0.25, -0.2) is 9.80 Å².